The van der Waals surface area contributed by atoms with Gasteiger partial charge in [-0.05, 0) is 50.1 Å². The van der Waals surface area contributed by atoms with Gasteiger partial charge in [0, 0.05) is 17.7 Å². The summed E-state index contributed by atoms with van der Waals surface area (Å²) in [6, 6.07) is 13.3. The van der Waals surface area contributed by atoms with Gasteiger partial charge in [-0.1, -0.05) is 23.4 Å². The van der Waals surface area contributed by atoms with Crippen LogP contribution in [0.5, 0.6) is 5.75 Å². The number of carbonyl (C=O) groups excluding carboxylic acids is 1. The maximum absolute atomic E-state index is 13.7. The molecule has 0 radical (unpaired) electrons. The predicted octanol–water partition coefficient (Wildman–Crippen LogP) is 3.67. The van der Waals surface area contributed by atoms with Gasteiger partial charge in [0.2, 0.25) is 0 Å². The molecule has 9 heteroatoms. The smallest absolute Gasteiger partial charge is 0.360 e. The molecule has 1 aliphatic rings. The fourth-order valence-electron chi connectivity index (χ4n) is 3.75. The van der Waals surface area contributed by atoms with E-state index in [-0.39, 0.29) is 34.7 Å². The van der Waals surface area contributed by atoms with Gasteiger partial charge in [0.25, 0.3) is 10.0 Å². The fraction of sp³-hybridized carbons (Fsp3) is 0.273. The number of esters is 1. The SMILES string of the molecule is CCOC(=O)c1cc(-c2ccc(OC)c(S(=O)(=O)N3c4ccccc4C[C@H]3C)c2)on1. The first-order valence-electron chi connectivity index (χ1n) is 9.81. The zero-order valence-electron chi connectivity index (χ0n) is 17.4. The van der Waals surface area contributed by atoms with Crippen molar-refractivity contribution in [3.05, 3.63) is 59.8 Å². The van der Waals surface area contributed by atoms with E-state index in [1.165, 1.54) is 23.5 Å². The Bertz CT molecular complexity index is 1230. The van der Waals surface area contributed by atoms with Crippen molar-refractivity contribution in [2.75, 3.05) is 18.0 Å². The quantitative estimate of drug-likeness (QED) is 0.537. The molecule has 2 heterocycles. The van der Waals surface area contributed by atoms with Gasteiger partial charge in [0.05, 0.1) is 19.4 Å². The molecule has 2 aromatic carbocycles. The summed E-state index contributed by atoms with van der Waals surface area (Å²) in [5.41, 5.74) is 2.09. The Kier molecular flexibility index (Phi) is 5.45. The number of para-hydroxylation sites is 1. The zero-order chi connectivity index (χ0) is 22.2. The number of benzene rings is 2. The number of hydrogen-bond acceptors (Lipinski definition) is 7. The lowest BCUT2D eigenvalue weighted by atomic mass is 10.1. The van der Waals surface area contributed by atoms with Crippen LogP contribution in [0.2, 0.25) is 0 Å². The number of rotatable bonds is 6. The summed E-state index contributed by atoms with van der Waals surface area (Å²) in [6.45, 7) is 3.77. The molecular weight excluding hydrogens is 420 g/mol. The van der Waals surface area contributed by atoms with Crippen molar-refractivity contribution in [3.8, 4) is 17.1 Å². The van der Waals surface area contributed by atoms with Crippen LogP contribution in [0.4, 0.5) is 5.69 Å². The third-order valence-electron chi connectivity index (χ3n) is 5.12. The van der Waals surface area contributed by atoms with E-state index in [1.807, 2.05) is 25.1 Å². The van der Waals surface area contributed by atoms with Crippen LogP contribution in [-0.4, -0.2) is 39.3 Å². The molecule has 1 atom stereocenters. The minimum atomic E-state index is -3.94. The minimum absolute atomic E-state index is 0.00476. The molecule has 0 spiro atoms. The van der Waals surface area contributed by atoms with Gasteiger partial charge in [-0.25, -0.2) is 13.2 Å². The van der Waals surface area contributed by atoms with Gasteiger partial charge in [0.15, 0.2) is 11.5 Å². The van der Waals surface area contributed by atoms with E-state index in [4.69, 9.17) is 14.0 Å². The van der Waals surface area contributed by atoms with Gasteiger partial charge in [-0.3, -0.25) is 4.31 Å². The Morgan fingerprint density at radius 2 is 2.00 bits per heavy atom. The van der Waals surface area contributed by atoms with E-state index in [2.05, 4.69) is 5.16 Å². The van der Waals surface area contributed by atoms with Gasteiger partial charge in [0.1, 0.15) is 10.6 Å². The van der Waals surface area contributed by atoms with Crippen LogP contribution in [0.3, 0.4) is 0 Å². The monoisotopic (exact) mass is 442 g/mol. The second-order valence-electron chi connectivity index (χ2n) is 7.15. The maximum Gasteiger partial charge on any atom is 0.360 e. The Morgan fingerprint density at radius 1 is 1.23 bits per heavy atom. The second-order valence-corrected chi connectivity index (χ2v) is 8.93. The topological polar surface area (TPSA) is 98.9 Å². The van der Waals surface area contributed by atoms with Gasteiger partial charge in [-0.2, -0.15) is 0 Å². The molecule has 31 heavy (non-hydrogen) atoms. The maximum atomic E-state index is 13.7. The highest BCUT2D eigenvalue weighted by molar-refractivity contribution is 7.93. The number of anilines is 1. The molecule has 0 unspecified atom stereocenters. The van der Waals surface area contributed by atoms with E-state index < -0.39 is 16.0 Å². The number of sulfonamides is 1. The van der Waals surface area contributed by atoms with Crippen molar-refractivity contribution < 1.29 is 27.2 Å². The molecule has 0 N–H and O–H groups in total. The number of fused-ring (bicyclic) bond motifs is 1. The highest BCUT2D eigenvalue weighted by Gasteiger charge is 2.37. The highest BCUT2D eigenvalue weighted by atomic mass is 32.2. The normalized spacial score (nSPS) is 15.6. The van der Waals surface area contributed by atoms with E-state index >= 15 is 0 Å². The van der Waals surface area contributed by atoms with Crippen LogP contribution in [0, 0.1) is 0 Å². The third kappa shape index (κ3) is 3.65. The minimum Gasteiger partial charge on any atom is -0.495 e. The Balaban J connectivity index is 1.78. The molecule has 0 saturated carbocycles. The number of nitrogens with zero attached hydrogens (tertiary/aromatic N) is 2. The van der Waals surface area contributed by atoms with E-state index in [0.29, 0.717) is 17.7 Å². The second kappa shape index (κ2) is 8.07. The average Bonchev–Trinajstić information content (AvgIpc) is 3.37. The first kappa shape index (κ1) is 20.9. The van der Waals surface area contributed by atoms with Crippen LogP contribution < -0.4 is 9.04 Å². The van der Waals surface area contributed by atoms with Crippen molar-refractivity contribution in [3.63, 3.8) is 0 Å². The van der Waals surface area contributed by atoms with Crippen molar-refractivity contribution in [1.29, 1.82) is 0 Å². The lowest BCUT2D eigenvalue weighted by Crippen LogP contribution is -2.35. The first-order chi connectivity index (χ1) is 14.9. The van der Waals surface area contributed by atoms with Gasteiger partial charge < -0.3 is 14.0 Å². The number of ether oxygens (including phenoxy) is 2. The zero-order valence-corrected chi connectivity index (χ0v) is 18.2. The largest absolute Gasteiger partial charge is 0.495 e. The van der Waals surface area contributed by atoms with Gasteiger partial charge in [-0.15, -0.1) is 0 Å². The van der Waals surface area contributed by atoms with Crippen molar-refractivity contribution >= 4 is 21.7 Å². The lowest BCUT2D eigenvalue weighted by molar-refractivity contribution is 0.0514. The summed E-state index contributed by atoms with van der Waals surface area (Å²) in [5.74, 6) is -0.149. The highest BCUT2D eigenvalue weighted by Crippen LogP contribution is 2.40. The number of methoxy groups -OCH3 is 1. The van der Waals surface area contributed by atoms with Gasteiger partial charge >= 0.3 is 5.97 Å². The summed E-state index contributed by atoms with van der Waals surface area (Å²) in [4.78, 5) is 11.9. The van der Waals surface area contributed by atoms with Crippen LogP contribution in [0.25, 0.3) is 11.3 Å². The van der Waals surface area contributed by atoms with Crippen LogP contribution in [-0.2, 0) is 21.2 Å². The number of hydrogen-bond donors (Lipinski definition) is 0. The number of aromatic nitrogens is 1. The molecule has 8 nitrogen and oxygen atoms in total. The van der Waals surface area contributed by atoms with Crippen molar-refractivity contribution in [2.45, 2.75) is 31.2 Å². The molecule has 0 bridgehead atoms. The van der Waals surface area contributed by atoms with Crippen LogP contribution >= 0.6 is 0 Å². The Hall–Kier alpha value is -3.33. The summed E-state index contributed by atoms with van der Waals surface area (Å²) >= 11 is 0. The Labute approximate surface area is 180 Å². The molecule has 1 aromatic heterocycles. The average molecular weight is 442 g/mol. The molecule has 0 fully saturated rings. The molecule has 0 aliphatic carbocycles. The lowest BCUT2D eigenvalue weighted by Gasteiger charge is -2.25. The van der Waals surface area contributed by atoms with Crippen LogP contribution in [0.15, 0.2) is 57.9 Å². The fourth-order valence-corrected chi connectivity index (χ4v) is 5.63. The molecular formula is C22H22N2O6S. The predicted molar refractivity (Wildman–Crippen MR) is 114 cm³/mol. The summed E-state index contributed by atoms with van der Waals surface area (Å²) < 4.78 is 44.4. The summed E-state index contributed by atoms with van der Waals surface area (Å²) in [7, 11) is -2.52. The third-order valence-corrected chi connectivity index (χ3v) is 7.07. The molecule has 162 valence electrons. The van der Waals surface area contributed by atoms with E-state index in [0.717, 1.165) is 5.56 Å². The van der Waals surface area contributed by atoms with Crippen molar-refractivity contribution in [1.82, 2.24) is 5.16 Å². The molecule has 3 aromatic rings. The molecule has 0 amide bonds. The summed E-state index contributed by atoms with van der Waals surface area (Å²) in [6.07, 6.45) is 0.627. The summed E-state index contributed by atoms with van der Waals surface area (Å²) in [5, 5.41) is 3.72. The van der Waals surface area contributed by atoms with Crippen LogP contribution in [0.1, 0.15) is 29.9 Å². The van der Waals surface area contributed by atoms with E-state index in [1.54, 1.807) is 25.1 Å². The van der Waals surface area contributed by atoms with Crippen molar-refractivity contribution in [2.24, 2.45) is 0 Å². The number of carbonyl (C=O) groups is 1. The molecule has 0 saturated heterocycles. The molecule has 1 aliphatic heterocycles. The standard InChI is InChI=1S/C22H22N2O6S/c1-4-29-22(25)17-13-20(30-23-17)16-9-10-19(28-3)21(12-16)31(26,27)24-14(2)11-15-7-5-6-8-18(15)24/h5-10,12-14H,4,11H2,1-3H3/t14-/m1/s1. The Morgan fingerprint density at radius 3 is 2.74 bits per heavy atom. The molecule has 4 rings (SSSR count). The van der Waals surface area contributed by atoms with E-state index in [9.17, 15) is 13.2 Å². The first-order valence-corrected chi connectivity index (χ1v) is 11.3.